The molecule has 0 radical (unpaired) electrons. The minimum Gasteiger partial charge on any atom is -0.334 e. The average molecular weight is 449 g/mol. The van der Waals surface area contributed by atoms with E-state index in [2.05, 4.69) is 20.9 Å². The number of nitrogens with zero attached hydrogens (tertiary/aromatic N) is 2. The zero-order valence-electron chi connectivity index (χ0n) is 16.9. The minimum absolute atomic E-state index is 0.218. The Morgan fingerprint density at radius 1 is 1.19 bits per heavy atom. The van der Waals surface area contributed by atoms with Gasteiger partial charge in [-0.05, 0) is 35.7 Å². The van der Waals surface area contributed by atoms with Crippen molar-refractivity contribution in [3.8, 4) is 0 Å². The number of amides is 5. The second-order valence-corrected chi connectivity index (χ2v) is 8.72. The highest BCUT2D eigenvalue weighted by atomic mass is 32.1. The van der Waals surface area contributed by atoms with Crippen molar-refractivity contribution in [3.63, 3.8) is 0 Å². The van der Waals surface area contributed by atoms with Crippen molar-refractivity contribution in [2.45, 2.75) is 32.0 Å². The molecular formula is C22H19N5O4S. The van der Waals surface area contributed by atoms with Gasteiger partial charge in [-0.25, -0.2) is 9.78 Å². The monoisotopic (exact) mass is 449 g/mol. The zero-order valence-corrected chi connectivity index (χ0v) is 17.7. The van der Waals surface area contributed by atoms with Crippen LogP contribution in [0, 0.1) is 0 Å². The molecule has 0 saturated carbocycles. The first kappa shape index (κ1) is 20.1. The summed E-state index contributed by atoms with van der Waals surface area (Å²) in [4.78, 5) is 54.6. The van der Waals surface area contributed by atoms with E-state index in [0.717, 1.165) is 21.3 Å². The normalized spacial score (nSPS) is 17.9. The first-order chi connectivity index (χ1) is 15.5. The number of hydrogen-bond donors (Lipinski definition) is 3. The Bertz CT molecular complexity index is 1240. The number of imide groups is 1. The van der Waals surface area contributed by atoms with Gasteiger partial charge in [0.1, 0.15) is 6.04 Å². The van der Waals surface area contributed by atoms with Crippen LogP contribution in [-0.2, 0) is 22.7 Å². The van der Waals surface area contributed by atoms with Crippen LogP contribution in [0.1, 0.15) is 34.3 Å². The zero-order chi connectivity index (χ0) is 22.2. The molecule has 1 unspecified atom stereocenters. The lowest BCUT2D eigenvalue weighted by Gasteiger charge is -2.29. The molecular weight excluding hydrogens is 430 g/mol. The molecule has 162 valence electrons. The van der Waals surface area contributed by atoms with Gasteiger partial charge >= 0.3 is 6.03 Å². The van der Waals surface area contributed by atoms with E-state index in [-0.39, 0.29) is 30.8 Å². The molecule has 0 bridgehead atoms. The molecule has 2 aromatic carbocycles. The van der Waals surface area contributed by atoms with Crippen molar-refractivity contribution < 1.29 is 19.2 Å². The SMILES string of the molecule is O=C1CCC(N2Cc3ccc(CNC(=O)Nc4nc5ccccc5s4)cc3C2=O)C(=O)N1. The summed E-state index contributed by atoms with van der Waals surface area (Å²) in [5, 5.41) is 8.31. The van der Waals surface area contributed by atoms with Gasteiger partial charge in [0.25, 0.3) is 5.91 Å². The van der Waals surface area contributed by atoms with Gasteiger partial charge in [0.2, 0.25) is 11.8 Å². The predicted molar refractivity (Wildman–Crippen MR) is 118 cm³/mol. The van der Waals surface area contributed by atoms with Gasteiger partial charge in [-0.3, -0.25) is 25.0 Å². The van der Waals surface area contributed by atoms with Crippen molar-refractivity contribution in [1.82, 2.24) is 20.5 Å². The topological polar surface area (TPSA) is 120 Å². The maximum Gasteiger partial charge on any atom is 0.321 e. The Morgan fingerprint density at radius 3 is 2.84 bits per heavy atom. The smallest absolute Gasteiger partial charge is 0.321 e. The quantitative estimate of drug-likeness (QED) is 0.528. The molecule has 10 heteroatoms. The fourth-order valence-electron chi connectivity index (χ4n) is 3.96. The number of thiazole rings is 1. The Labute approximate surface area is 186 Å². The molecule has 1 saturated heterocycles. The largest absolute Gasteiger partial charge is 0.334 e. The second kappa shape index (κ2) is 8.04. The lowest BCUT2D eigenvalue weighted by Crippen LogP contribution is -2.52. The van der Waals surface area contributed by atoms with Crippen LogP contribution >= 0.6 is 11.3 Å². The van der Waals surface area contributed by atoms with Crippen LogP contribution in [-0.4, -0.2) is 39.7 Å². The van der Waals surface area contributed by atoms with E-state index in [9.17, 15) is 19.2 Å². The second-order valence-electron chi connectivity index (χ2n) is 7.69. The lowest BCUT2D eigenvalue weighted by molar-refractivity contribution is -0.136. The summed E-state index contributed by atoms with van der Waals surface area (Å²) < 4.78 is 0.987. The van der Waals surface area contributed by atoms with Crippen molar-refractivity contribution in [3.05, 3.63) is 59.2 Å². The number of para-hydroxylation sites is 1. The van der Waals surface area contributed by atoms with Gasteiger partial charge in [-0.1, -0.05) is 35.6 Å². The fraction of sp³-hybridized carbons (Fsp3) is 0.227. The third-order valence-electron chi connectivity index (χ3n) is 5.56. The summed E-state index contributed by atoms with van der Waals surface area (Å²) in [6.07, 6.45) is 0.542. The Balaban J connectivity index is 1.22. The maximum atomic E-state index is 12.9. The molecule has 0 spiro atoms. The van der Waals surface area contributed by atoms with E-state index in [1.165, 1.54) is 16.2 Å². The number of hydrogen-bond acceptors (Lipinski definition) is 6. The Hall–Kier alpha value is -3.79. The summed E-state index contributed by atoms with van der Waals surface area (Å²) in [6, 6.07) is 12.0. The van der Waals surface area contributed by atoms with E-state index in [4.69, 9.17) is 0 Å². The number of piperidine rings is 1. The number of carbonyl (C=O) groups is 4. The molecule has 5 rings (SSSR count). The number of benzene rings is 2. The molecule has 1 atom stereocenters. The first-order valence-electron chi connectivity index (χ1n) is 10.1. The van der Waals surface area contributed by atoms with Crippen LogP contribution in [0.4, 0.5) is 9.93 Å². The number of anilines is 1. The fourth-order valence-corrected chi connectivity index (χ4v) is 4.82. The van der Waals surface area contributed by atoms with E-state index >= 15 is 0 Å². The van der Waals surface area contributed by atoms with E-state index in [0.29, 0.717) is 23.7 Å². The van der Waals surface area contributed by atoms with Gasteiger partial charge in [-0.2, -0.15) is 0 Å². The molecule has 9 nitrogen and oxygen atoms in total. The molecule has 1 fully saturated rings. The molecule has 3 N–H and O–H groups in total. The number of carbonyl (C=O) groups excluding carboxylic acids is 4. The van der Waals surface area contributed by atoms with Gasteiger partial charge < -0.3 is 10.2 Å². The van der Waals surface area contributed by atoms with Gasteiger partial charge in [0.05, 0.1) is 10.2 Å². The van der Waals surface area contributed by atoms with Crippen LogP contribution in [0.5, 0.6) is 0 Å². The highest BCUT2D eigenvalue weighted by Gasteiger charge is 2.39. The Morgan fingerprint density at radius 2 is 2.03 bits per heavy atom. The summed E-state index contributed by atoms with van der Waals surface area (Å²) in [5.41, 5.74) is 2.93. The summed E-state index contributed by atoms with van der Waals surface area (Å²) in [7, 11) is 0. The first-order valence-corrected chi connectivity index (χ1v) is 11.0. The molecule has 5 amide bonds. The van der Waals surface area contributed by atoms with E-state index < -0.39 is 11.9 Å². The standard InChI is InChI=1S/C22H19N5O4S/c28-18-8-7-16(19(29)25-18)27-11-13-6-5-12(9-14(13)20(27)30)10-23-21(31)26-22-24-15-3-1-2-4-17(15)32-22/h1-6,9,16H,7-8,10-11H2,(H,25,28,29)(H2,23,24,26,31). The van der Waals surface area contributed by atoms with Crippen molar-refractivity contribution >= 4 is 50.4 Å². The average Bonchev–Trinajstić information content (AvgIpc) is 3.32. The predicted octanol–water partition coefficient (Wildman–Crippen LogP) is 2.38. The van der Waals surface area contributed by atoms with E-state index in [1.807, 2.05) is 36.4 Å². The highest BCUT2D eigenvalue weighted by molar-refractivity contribution is 7.22. The van der Waals surface area contributed by atoms with Crippen LogP contribution in [0.2, 0.25) is 0 Å². The van der Waals surface area contributed by atoms with Crippen molar-refractivity contribution in [1.29, 1.82) is 0 Å². The number of aromatic nitrogens is 1. The van der Waals surface area contributed by atoms with E-state index in [1.54, 1.807) is 6.07 Å². The van der Waals surface area contributed by atoms with Crippen LogP contribution in [0.3, 0.4) is 0 Å². The molecule has 3 aromatic rings. The highest BCUT2D eigenvalue weighted by Crippen LogP contribution is 2.28. The molecule has 3 heterocycles. The molecule has 32 heavy (non-hydrogen) atoms. The van der Waals surface area contributed by atoms with Crippen LogP contribution in [0.25, 0.3) is 10.2 Å². The number of rotatable bonds is 4. The molecule has 0 aliphatic carbocycles. The molecule has 1 aromatic heterocycles. The van der Waals surface area contributed by atoms with Crippen LogP contribution < -0.4 is 16.0 Å². The molecule has 2 aliphatic heterocycles. The molecule has 2 aliphatic rings. The Kier molecular flexibility index (Phi) is 5.06. The summed E-state index contributed by atoms with van der Waals surface area (Å²) in [5.74, 6) is -0.987. The number of urea groups is 1. The van der Waals surface area contributed by atoms with Crippen molar-refractivity contribution in [2.75, 3.05) is 5.32 Å². The number of fused-ring (bicyclic) bond motifs is 2. The van der Waals surface area contributed by atoms with Gasteiger partial charge in [-0.15, -0.1) is 0 Å². The maximum absolute atomic E-state index is 12.9. The van der Waals surface area contributed by atoms with Gasteiger partial charge in [0.15, 0.2) is 5.13 Å². The number of nitrogens with one attached hydrogen (secondary N) is 3. The summed E-state index contributed by atoms with van der Waals surface area (Å²) >= 11 is 1.39. The van der Waals surface area contributed by atoms with Crippen LogP contribution in [0.15, 0.2) is 42.5 Å². The van der Waals surface area contributed by atoms with Gasteiger partial charge in [0, 0.05) is 25.1 Å². The lowest BCUT2D eigenvalue weighted by atomic mass is 10.0. The summed E-state index contributed by atoms with van der Waals surface area (Å²) in [6.45, 7) is 0.557. The third-order valence-corrected chi connectivity index (χ3v) is 6.51. The third kappa shape index (κ3) is 3.80. The van der Waals surface area contributed by atoms with Crippen molar-refractivity contribution in [2.24, 2.45) is 0 Å². The minimum atomic E-state index is -0.645.